The molecule has 0 amide bonds. The number of hydrogen-bond acceptors (Lipinski definition) is 2. The number of aliphatic hydroxyl groups excluding tert-OH is 1. The second-order valence-electron chi connectivity index (χ2n) is 4.36. The molecule has 0 spiro atoms. The summed E-state index contributed by atoms with van der Waals surface area (Å²) >= 11 is 5.63. The second-order valence-corrected chi connectivity index (χ2v) is 4.71. The molecule has 3 rings (SSSR count). The fourth-order valence-corrected chi connectivity index (χ4v) is 2.90. The molecule has 0 saturated heterocycles. The number of fused-ring (bicyclic) bond motifs is 3. The van der Waals surface area contributed by atoms with E-state index in [1.807, 2.05) is 36.4 Å². The van der Waals surface area contributed by atoms with Crippen LogP contribution in [0.4, 0.5) is 0 Å². The van der Waals surface area contributed by atoms with Gasteiger partial charge < -0.3 is 5.11 Å². The molecule has 0 saturated carbocycles. The van der Waals surface area contributed by atoms with E-state index in [4.69, 9.17) is 11.6 Å². The van der Waals surface area contributed by atoms with Gasteiger partial charge in [-0.25, -0.2) is 0 Å². The average Bonchev–Trinajstić information content (AvgIpc) is 2.72. The lowest BCUT2D eigenvalue weighted by Crippen LogP contribution is -2.06. The second kappa shape index (κ2) is 4.23. The van der Waals surface area contributed by atoms with E-state index in [0.29, 0.717) is 5.56 Å². The molecular formula is C15H11ClO2. The van der Waals surface area contributed by atoms with Gasteiger partial charge in [-0.3, -0.25) is 4.79 Å². The SMILES string of the molecule is O=C(Cl)c1cccc2c1C(CO)c1ccccc1-2. The van der Waals surface area contributed by atoms with Gasteiger partial charge in [-0.1, -0.05) is 36.4 Å². The van der Waals surface area contributed by atoms with E-state index in [1.54, 1.807) is 6.07 Å². The van der Waals surface area contributed by atoms with Crippen molar-refractivity contribution in [3.8, 4) is 11.1 Å². The number of hydrogen-bond donors (Lipinski definition) is 1. The molecule has 2 nitrogen and oxygen atoms in total. The molecule has 18 heavy (non-hydrogen) atoms. The van der Waals surface area contributed by atoms with Gasteiger partial charge in [0.15, 0.2) is 0 Å². The summed E-state index contributed by atoms with van der Waals surface area (Å²) in [5.41, 5.74) is 4.47. The zero-order chi connectivity index (χ0) is 12.7. The van der Waals surface area contributed by atoms with Crippen LogP contribution in [0.5, 0.6) is 0 Å². The van der Waals surface area contributed by atoms with Gasteiger partial charge in [-0.15, -0.1) is 0 Å². The standard InChI is InChI=1S/C15H11ClO2/c16-15(18)12-7-3-6-11-9-4-1-2-5-10(9)13(8-17)14(11)12/h1-7,13,17H,8H2. The predicted octanol–water partition coefficient (Wildman–Crippen LogP) is 3.17. The molecule has 1 aliphatic rings. The Morgan fingerprint density at radius 1 is 1.11 bits per heavy atom. The highest BCUT2D eigenvalue weighted by Gasteiger charge is 2.31. The minimum Gasteiger partial charge on any atom is -0.395 e. The van der Waals surface area contributed by atoms with Crippen LogP contribution in [0.25, 0.3) is 11.1 Å². The van der Waals surface area contributed by atoms with Crippen molar-refractivity contribution in [2.75, 3.05) is 6.61 Å². The Morgan fingerprint density at radius 2 is 1.83 bits per heavy atom. The van der Waals surface area contributed by atoms with Crippen LogP contribution >= 0.6 is 11.6 Å². The van der Waals surface area contributed by atoms with Crippen LogP contribution in [0.1, 0.15) is 27.4 Å². The molecule has 0 aromatic heterocycles. The maximum Gasteiger partial charge on any atom is 0.252 e. The first-order valence-corrected chi connectivity index (χ1v) is 6.14. The summed E-state index contributed by atoms with van der Waals surface area (Å²) in [6.45, 7) is -0.0226. The topological polar surface area (TPSA) is 37.3 Å². The molecule has 0 radical (unpaired) electrons. The van der Waals surface area contributed by atoms with Crippen LogP contribution in [0.15, 0.2) is 42.5 Å². The first-order valence-electron chi connectivity index (χ1n) is 5.77. The third-order valence-electron chi connectivity index (χ3n) is 3.48. The molecule has 90 valence electrons. The Balaban J connectivity index is 2.33. The highest BCUT2D eigenvalue weighted by atomic mass is 35.5. The molecule has 1 unspecified atom stereocenters. The number of halogens is 1. The summed E-state index contributed by atoms with van der Waals surface area (Å²) in [6, 6.07) is 13.4. The lowest BCUT2D eigenvalue weighted by Gasteiger charge is -2.12. The van der Waals surface area contributed by atoms with Gasteiger partial charge in [0.05, 0.1) is 6.61 Å². The van der Waals surface area contributed by atoms with Crippen molar-refractivity contribution < 1.29 is 9.90 Å². The van der Waals surface area contributed by atoms with Crippen molar-refractivity contribution in [2.24, 2.45) is 0 Å². The number of carbonyl (C=O) groups is 1. The summed E-state index contributed by atoms with van der Waals surface area (Å²) in [4.78, 5) is 11.5. The zero-order valence-electron chi connectivity index (χ0n) is 9.56. The first-order chi connectivity index (χ1) is 8.74. The van der Waals surface area contributed by atoms with Gasteiger partial charge in [-0.05, 0) is 39.9 Å². The van der Waals surface area contributed by atoms with E-state index in [9.17, 15) is 9.90 Å². The largest absolute Gasteiger partial charge is 0.395 e. The highest BCUT2D eigenvalue weighted by molar-refractivity contribution is 6.68. The van der Waals surface area contributed by atoms with Crippen LogP contribution < -0.4 is 0 Å². The van der Waals surface area contributed by atoms with Crippen molar-refractivity contribution in [3.05, 3.63) is 59.2 Å². The molecular weight excluding hydrogens is 248 g/mol. The quantitative estimate of drug-likeness (QED) is 0.840. The fourth-order valence-electron chi connectivity index (χ4n) is 2.74. The molecule has 0 heterocycles. The van der Waals surface area contributed by atoms with Crippen molar-refractivity contribution in [3.63, 3.8) is 0 Å². The van der Waals surface area contributed by atoms with Crippen LogP contribution in [0.3, 0.4) is 0 Å². The zero-order valence-corrected chi connectivity index (χ0v) is 10.3. The summed E-state index contributed by atoms with van der Waals surface area (Å²) in [7, 11) is 0. The Labute approximate surface area is 110 Å². The van der Waals surface area contributed by atoms with Gasteiger partial charge in [0.1, 0.15) is 0 Å². The Bertz CT molecular complexity index is 634. The number of carbonyl (C=O) groups excluding carboxylic acids is 1. The van der Waals surface area contributed by atoms with E-state index in [2.05, 4.69) is 0 Å². The van der Waals surface area contributed by atoms with Gasteiger partial charge in [0.25, 0.3) is 5.24 Å². The molecule has 2 aromatic carbocycles. The summed E-state index contributed by atoms with van der Waals surface area (Å²) in [5.74, 6) is -0.157. The number of rotatable bonds is 2. The van der Waals surface area contributed by atoms with Crippen LogP contribution in [-0.4, -0.2) is 17.0 Å². The monoisotopic (exact) mass is 258 g/mol. The maximum atomic E-state index is 11.5. The summed E-state index contributed by atoms with van der Waals surface area (Å²) < 4.78 is 0. The van der Waals surface area contributed by atoms with Gasteiger partial charge in [0.2, 0.25) is 0 Å². The van der Waals surface area contributed by atoms with E-state index in [1.165, 1.54) is 0 Å². The molecule has 1 N–H and O–H groups in total. The lowest BCUT2D eigenvalue weighted by molar-refractivity contribution is 0.108. The summed E-state index contributed by atoms with van der Waals surface area (Å²) in [6.07, 6.45) is 0. The van der Waals surface area contributed by atoms with E-state index in [0.717, 1.165) is 22.3 Å². The van der Waals surface area contributed by atoms with E-state index >= 15 is 0 Å². The average molecular weight is 259 g/mol. The van der Waals surface area contributed by atoms with Crippen molar-refractivity contribution in [2.45, 2.75) is 5.92 Å². The molecule has 1 atom stereocenters. The Hall–Kier alpha value is -1.64. The number of benzene rings is 2. The molecule has 0 aliphatic heterocycles. The van der Waals surface area contributed by atoms with Crippen LogP contribution in [-0.2, 0) is 0 Å². The molecule has 0 fully saturated rings. The molecule has 2 aromatic rings. The van der Waals surface area contributed by atoms with Crippen molar-refractivity contribution >= 4 is 16.8 Å². The highest BCUT2D eigenvalue weighted by Crippen LogP contribution is 2.46. The fraction of sp³-hybridized carbons (Fsp3) is 0.133. The van der Waals surface area contributed by atoms with E-state index in [-0.39, 0.29) is 12.5 Å². The van der Waals surface area contributed by atoms with Crippen molar-refractivity contribution in [1.29, 1.82) is 0 Å². The molecule has 0 bridgehead atoms. The maximum absolute atomic E-state index is 11.5. The normalized spacial score (nSPS) is 16.2. The Morgan fingerprint density at radius 3 is 2.56 bits per heavy atom. The number of aliphatic hydroxyl groups is 1. The van der Waals surface area contributed by atoms with Crippen LogP contribution in [0.2, 0.25) is 0 Å². The Kier molecular flexibility index (Phi) is 2.69. The summed E-state index contributed by atoms with van der Waals surface area (Å²) in [5, 5.41) is 9.14. The molecule has 1 aliphatic carbocycles. The van der Waals surface area contributed by atoms with E-state index < -0.39 is 5.24 Å². The lowest BCUT2D eigenvalue weighted by atomic mass is 9.94. The third kappa shape index (κ3) is 1.50. The van der Waals surface area contributed by atoms with Gasteiger partial charge >= 0.3 is 0 Å². The predicted molar refractivity (Wildman–Crippen MR) is 71.0 cm³/mol. The smallest absolute Gasteiger partial charge is 0.252 e. The van der Waals surface area contributed by atoms with Crippen molar-refractivity contribution in [1.82, 2.24) is 0 Å². The minimum absolute atomic E-state index is 0.0226. The third-order valence-corrected chi connectivity index (χ3v) is 3.68. The minimum atomic E-state index is -0.474. The first kappa shape index (κ1) is 11.5. The van der Waals surface area contributed by atoms with Crippen LogP contribution in [0, 0.1) is 0 Å². The van der Waals surface area contributed by atoms with Gasteiger partial charge in [0, 0.05) is 11.5 Å². The van der Waals surface area contributed by atoms with Gasteiger partial charge in [-0.2, -0.15) is 0 Å². The molecule has 3 heteroatoms.